The van der Waals surface area contributed by atoms with Gasteiger partial charge in [0.05, 0.1) is 16.9 Å². The van der Waals surface area contributed by atoms with E-state index in [0.717, 1.165) is 31.2 Å². The number of rotatable bonds is 4. The van der Waals surface area contributed by atoms with Gasteiger partial charge in [-0.1, -0.05) is 0 Å². The quantitative estimate of drug-likeness (QED) is 0.756. The molecule has 1 rings (SSSR count). The molecular formula is C9H9FNO4S-. The Kier molecular flexibility index (Phi) is 3.61. The minimum atomic E-state index is -3.96. The first kappa shape index (κ1) is 12.6. The molecule has 0 radical (unpaired) electrons. The van der Waals surface area contributed by atoms with E-state index in [9.17, 15) is 22.7 Å². The van der Waals surface area contributed by atoms with Crippen LogP contribution in [0.2, 0.25) is 0 Å². The molecule has 0 amide bonds. The Balaban J connectivity index is 2.94. The highest BCUT2D eigenvalue weighted by molar-refractivity contribution is 7.89. The lowest BCUT2D eigenvalue weighted by molar-refractivity contribution is -0.307. The van der Waals surface area contributed by atoms with Gasteiger partial charge < -0.3 is 9.90 Å². The minimum Gasteiger partial charge on any atom is -0.548 e. The molecule has 16 heavy (non-hydrogen) atoms. The second-order valence-corrected chi connectivity index (χ2v) is 4.83. The lowest BCUT2D eigenvalue weighted by Gasteiger charge is -2.14. The molecule has 0 unspecified atom stereocenters. The zero-order chi connectivity index (χ0) is 12.3. The summed E-state index contributed by atoms with van der Waals surface area (Å²) in [5.74, 6) is -2.11. The number of halogens is 1. The number of nitrogens with one attached hydrogen (secondary N) is 1. The van der Waals surface area contributed by atoms with E-state index in [4.69, 9.17) is 0 Å². The van der Waals surface area contributed by atoms with Gasteiger partial charge in [-0.25, -0.2) is 17.5 Å². The summed E-state index contributed by atoms with van der Waals surface area (Å²) in [5, 5.41) is 10.4. The van der Waals surface area contributed by atoms with Crippen LogP contribution in [-0.4, -0.2) is 20.4 Å². The molecule has 0 heterocycles. The Bertz CT molecular complexity index is 483. The van der Waals surface area contributed by atoms with Gasteiger partial charge in [0, 0.05) is 0 Å². The van der Waals surface area contributed by atoms with E-state index in [0.29, 0.717) is 0 Å². The third kappa shape index (κ3) is 3.01. The predicted molar refractivity (Wildman–Crippen MR) is 51.2 cm³/mol. The maximum absolute atomic E-state index is 12.5. The molecule has 5 nitrogen and oxygen atoms in total. The Morgan fingerprint density at radius 3 is 2.31 bits per heavy atom. The maximum Gasteiger partial charge on any atom is 0.241 e. The maximum atomic E-state index is 12.5. The van der Waals surface area contributed by atoms with Crippen LogP contribution in [0, 0.1) is 5.82 Å². The summed E-state index contributed by atoms with van der Waals surface area (Å²) in [5.41, 5.74) is 0. The number of hydrogen-bond acceptors (Lipinski definition) is 4. The van der Waals surface area contributed by atoms with Crippen LogP contribution in [0.5, 0.6) is 0 Å². The molecular weight excluding hydrogens is 237 g/mol. The fourth-order valence-corrected chi connectivity index (χ4v) is 2.15. The zero-order valence-corrected chi connectivity index (χ0v) is 9.12. The van der Waals surface area contributed by atoms with Crippen LogP contribution in [0.25, 0.3) is 0 Å². The number of sulfonamides is 1. The summed E-state index contributed by atoms with van der Waals surface area (Å²) in [6.45, 7) is 1.14. The first-order valence-electron chi connectivity index (χ1n) is 4.31. The Hall–Kier alpha value is -1.47. The number of benzene rings is 1. The summed E-state index contributed by atoms with van der Waals surface area (Å²) >= 11 is 0. The molecule has 0 aromatic heterocycles. The van der Waals surface area contributed by atoms with E-state index in [1.165, 1.54) is 0 Å². The fraction of sp³-hybridized carbons (Fsp3) is 0.222. The molecule has 0 aliphatic rings. The second kappa shape index (κ2) is 4.58. The SMILES string of the molecule is C[C@H](NS(=O)(=O)c1ccc(F)cc1)C(=O)[O-]. The van der Waals surface area contributed by atoms with Gasteiger partial charge in [0.15, 0.2) is 0 Å². The summed E-state index contributed by atoms with van der Waals surface area (Å²) in [7, 11) is -3.96. The van der Waals surface area contributed by atoms with Crippen molar-refractivity contribution < 1.29 is 22.7 Å². The third-order valence-electron chi connectivity index (χ3n) is 1.81. The fourth-order valence-electron chi connectivity index (χ4n) is 0.963. The van der Waals surface area contributed by atoms with Crippen LogP contribution >= 0.6 is 0 Å². The predicted octanol–water partition coefficient (Wildman–Crippen LogP) is -0.758. The number of aliphatic carboxylic acids is 1. The van der Waals surface area contributed by atoms with E-state index in [1.54, 1.807) is 0 Å². The molecule has 1 aromatic rings. The van der Waals surface area contributed by atoms with Crippen molar-refractivity contribution in [2.75, 3.05) is 0 Å². The van der Waals surface area contributed by atoms with E-state index in [-0.39, 0.29) is 4.90 Å². The first-order valence-corrected chi connectivity index (χ1v) is 5.80. The van der Waals surface area contributed by atoms with Crippen LogP contribution in [-0.2, 0) is 14.8 Å². The van der Waals surface area contributed by atoms with Crippen molar-refractivity contribution in [1.82, 2.24) is 4.72 Å². The van der Waals surface area contributed by atoms with Crippen molar-refractivity contribution in [3.8, 4) is 0 Å². The minimum absolute atomic E-state index is 0.206. The zero-order valence-electron chi connectivity index (χ0n) is 8.31. The van der Waals surface area contributed by atoms with E-state index >= 15 is 0 Å². The van der Waals surface area contributed by atoms with Crippen LogP contribution in [0.3, 0.4) is 0 Å². The molecule has 1 aromatic carbocycles. The van der Waals surface area contributed by atoms with Crippen molar-refractivity contribution in [1.29, 1.82) is 0 Å². The van der Waals surface area contributed by atoms with Crippen LogP contribution in [0.4, 0.5) is 4.39 Å². The van der Waals surface area contributed by atoms with E-state index in [2.05, 4.69) is 0 Å². The van der Waals surface area contributed by atoms with Crippen molar-refractivity contribution in [3.05, 3.63) is 30.1 Å². The molecule has 0 saturated carbocycles. The van der Waals surface area contributed by atoms with Crippen LogP contribution < -0.4 is 9.83 Å². The van der Waals surface area contributed by atoms with Crippen molar-refractivity contribution in [2.45, 2.75) is 17.9 Å². The molecule has 1 N–H and O–H groups in total. The third-order valence-corrected chi connectivity index (χ3v) is 3.37. The second-order valence-electron chi connectivity index (χ2n) is 3.12. The standard InChI is InChI=1S/C9H10FNO4S/c1-6(9(12)13)11-16(14,15)8-4-2-7(10)3-5-8/h2-6,11H,1H3,(H,12,13)/p-1/t6-/m0/s1. The molecule has 88 valence electrons. The van der Waals surface area contributed by atoms with E-state index < -0.39 is 27.9 Å². The van der Waals surface area contributed by atoms with Gasteiger partial charge in [-0.05, 0) is 31.2 Å². The average molecular weight is 246 g/mol. The summed E-state index contributed by atoms with van der Waals surface area (Å²) < 4.78 is 37.5. The molecule has 0 bridgehead atoms. The largest absolute Gasteiger partial charge is 0.548 e. The number of hydrogen-bond donors (Lipinski definition) is 1. The number of carboxylic acid groups (broad SMARTS) is 1. The van der Waals surface area contributed by atoms with Gasteiger partial charge in [0.25, 0.3) is 0 Å². The number of carboxylic acids is 1. The normalized spacial score (nSPS) is 13.4. The Labute approximate surface area is 92.0 Å². The molecule has 1 atom stereocenters. The first-order chi connectivity index (χ1) is 7.33. The molecule has 0 aliphatic carbocycles. The average Bonchev–Trinajstić information content (AvgIpc) is 2.17. The smallest absolute Gasteiger partial charge is 0.241 e. The molecule has 0 saturated heterocycles. The van der Waals surface area contributed by atoms with Crippen molar-refractivity contribution in [3.63, 3.8) is 0 Å². The molecule has 0 fully saturated rings. The van der Waals surface area contributed by atoms with Gasteiger partial charge in [-0.15, -0.1) is 0 Å². The molecule has 0 aliphatic heterocycles. The van der Waals surface area contributed by atoms with Gasteiger partial charge in [0.2, 0.25) is 10.0 Å². The lowest BCUT2D eigenvalue weighted by atomic mass is 10.4. The van der Waals surface area contributed by atoms with Gasteiger partial charge >= 0.3 is 0 Å². The summed E-state index contributed by atoms with van der Waals surface area (Å²) in [6.07, 6.45) is 0. The highest BCUT2D eigenvalue weighted by Gasteiger charge is 2.17. The van der Waals surface area contributed by atoms with E-state index in [1.807, 2.05) is 4.72 Å². The topological polar surface area (TPSA) is 86.3 Å². The monoisotopic (exact) mass is 246 g/mol. The number of carbonyl (C=O) groups excluding carboxylic acids is 1. The highest BCUT2D eigenvalue weighted by Crippen LogP contribution is 2.09. The molecule has 0 spiro atoms. The molecule has 7 heteroatoms. The van der Waals surface area contributed by atoms with Crippen LogP contribution in [0.1, 0.15) is 6.92 Å². The van der Waals surface area contributed by atoms with Gasteiger partial charge in [0.1, 0.15) is 5.82 Å². The Morgan fingerprint density at radius 1 is 1.38 bits per heavy atom. The lowest BCUT2D eigenvalue weighted by Crippen LogP contribution is -2.45. The van der Waals surface area contributed by atoms with Crippen LogP contribution in [0.15, 0.2) is 29.2 Å². The van der Waals surface area contributed by atoms with Gasteiger partial charge in [-0.3, -0.25) is 0 Å². The highest BCUT2D eigenvalue weighted by atomic mass is 32.2. The summed E-state index contributed by atoms with van der Waals surface area (Å²) in [4.78, 5) is 10.2. The summed E-state index contributed by atoms with van der Waals surface area (Å²) in [6, 6.07) is 2.67. The number of carbonyl (C=O) groups is 1. The van der Waals surface area contributed by atoms with Crippen molar-refractivity contribution >= 4 is 16.0 Å². The van der Waals surface area contributed by atoms with Crippen molar-refractivity contribution in [2.24, 2.45) is 0 Å². The van der Waals surface area contributed by atoms with Gasteiger partial charge in [-0.2, -0.15) is 0 Å². The Morgan fingerprint density at radius 2 is 1.88 bits per heavy atom.